The van der Waals surface area contributed by atoms with Crippen LogP contribution < -0.4 is 5.43 Å². The molecule has 5 nitrogen and oxygen atoms in total. The van der Waals surface area contributed by atoms with Crippen LogP contribution in [-0.2, 0) is 22.4 Å². The third-order valence-corrected chi connectivity index (χ3v) is 8.65. The largest absolute Gasteiger partial charge is 0.272 e. The number of carbonyl (C=O) groups is 3. The predicted octanol–water partition coefficient (Wildman–Crippen LogP) is 3.74. The van der Waals surface area contributed by atoms with Crippen molar-refractivity contribution in [3.8, 4) is 0 Å². The fraction of sp³-hybridized carbons (Fsp3) is 0.609. The Morgan fingerprint density at radius 2 is 1.69 bits per heavy atom. The number of nitrogens with zero attached hydrogens (tertiary/aromatic N) is 1. The molecule has 6 heteroatoms. The van der Waals surface area contributed by atoms with Gasteiger partial charge in [-0.25, -0.2) is 0 Å². The third kappa shape index (κ3) is 2.90. The van der Waals surface area contributed by atoms with E-state index in [9.17, 15) is 14.4 Å². The summed E-state index contributed by atoms with van der Waals surface area (Å²) >= 11 is 1.63. The highest BCUT2D eigenvalue weighted by atomic mass is 32.1. The van der Waals surface area contributed by atoms with Gasteiger partial charge in [-0.3, -0.25) is 19.8 Å². The molecule has 0 aromatic carbocycles. The summed E-state index contributed by atoms with van der Waals surface area (Å²) in [4.78, 5) is 40.2. The van der Waals surface area contributed by atoms with Crippen molar-refractivity contribution in [1.29, 1.82) is 0 Å². The van der Waals surface area contributed by atoms with Crippen LogP contribution in [0.15, 0.2) is 17.5 Å². The Hall–Kier alpha value is -1.95. The molecule has 2 heterocycles. The molecule has 1 N–H and O–H groups in total. The molecule has 0 radical (unpaired) electrons. The van der Waals surface area contributed by atoms with E-state index >= 15 is 0 Å². The second-order valence-corrected chi connectivity index (χ2v) is 11.1. The van der Waals surface area contributed by atoms with Gasteiger partial charge in [-0.2, -0.15) is 5.01 Å². The summed E-state index contributed by atoms with van der Waals surface area (Å²) in [7, 11) is 0. The van der Waals surface area contributed by atoms with Gasteiger partial charge in [-0.05, 0) is 60.8 Å². The van der Waals surface area contributed by atoms with Crippen molar-refractivity contribution in [1.82, 2.24) is 10.4 Å². The Labute approximate surface area is 175 Å². The zero-order chi connectivity index (χ0) is 20.5. The van der Waals surface area contributed by atoms with Crippen molar-refractivity contribution in [3.05, 3.63) is 33.5 Å². The molecule has 1 aliphatic heterocycles. The van der Waals surface area contributed by atoms with Crippen molar-refractivity contribution in [2.75, 3.05) is 0 Å². The summed E-state index contributed by atoms with van der Waals surface area (Å²) in [6, 6.07) is 0. The number of hydrogen-bond donors (Lipinski definition) is 1. The SMILES string of the molecule is CC(C)(C)[C@@H]1CCc2c(C(=O)NN3C(=O)[C@@H]4[C@H](C3=O)[C@H]3C=C[C@H]4CC3)csc2C1. The van der Waals surface area contributed by atoms with E-state index in [0.29, 0.717) is 11.5 Å². The van der Waals surface area contributed by atoms with Gasteiger partial charge in [0.15, 0.2) is 0 Å². The zero-order valence-corrected chi connectivity index (χ0v) is 18.1. The highest BCUT2D eigenvalue weighted by molar-refractivity contribution is 7.10. The standard InChI is InChI=1S/C23H28N2O3S/c1-23(2,3)14-8-9-15-16(11-29-17(15)10-14)20(26)24-25-21(27)18-12-4-5-13(7-6-12)19(18)22(25)28/h4-5,11-14,18-19H,6-10H2,1-3H3,(H,24,26)/t12-,13-,14+,18-,19+/m0/s1. The Morgan fingerprint density at radius 1 is 1.07 bits per heavy atom. The lowest BCUT2D eigenvalue weighted by Crippen LogP contribution is -2.47. The lowest BCUT2D eigenvalue weighted by Gasteiger charge is -2.37. The first-order valence-corrected chi connectivity index (χ1v) is 11.6. The fourth-order valence-corrected chi connectivity index (χ4v) is 6.95. The Kier molecular flexibility index (Phi) is 4.28. The molecule has 2 bridgehead atoms. The van der Waals surface area contributed by atoms with Crippen molar-refractivity contribution in [2.45, 2.75) is 52.9 Å². The molecule has 0 unspecified atom stereocenters. The molecule has 0 spiro atoms. The smallest absolute Gasteiger partial charge is 0.271 e. The maximum absolute atomic E-state index is 13.0. The third-order valence-electron chi connectivity index (χ3n) is 7.60. The molecule has 1 aromatic rings. The Balaban J connectivity index is 1.34. The van der Waals surface area contributed by atoms with E-state index in [0.717, 1.165) is 42.7 Å². The molecule has 4 aliphatic carbocycles. The first-order valence-electron chi connectivity index (χ1n) is 10.7. The molecular formula is C23H28N2O3S. The van der Waals surface area contributed by atoms with E-state index in [1.807, 2.05) is 5.38 Å². The van der Waals surface area contributed by atoms with Gasteiger partial charge in [0.2, 0.25) is 0 Å². The van der Waals surface area contributed by atoms with Crippen LogP contribution in [0.25, 0.3) is 0 Å². The number of hydrazine groups is 1. The monoisotopic (exact) mass is 412 g/mol. The number of allylic oxidation sites excluding steroid dienone is 2. The molecular weight excluding hydrogens is 384 g/mol. The molecule has 3 amide bonds. The number of fused-ring (bicyclic) bond motifs is 2. The van der Waals surface area contributed by atoms with Crippen molar-refractivity contribution in [3.63, 3.8) is 0 Å². The van der Waals surface area contributed by atoms with Crippen LogP contribution in [0.1, 0.15) is 60.8 Å². The Bertz CT molecular complexity index is 893. The quantitative estimate of drug-likeness (QED) is 0.594. The fourth-order valence-electron chi connectivity index (χ4n) is 5.79. The lowest BCUT2D eigenvalue weighted by molar-refractivity contribution is -0.143. The van der Waals surface area contributed by atoms with Gasteiger partial charge < -0.3 is 0 Å². The number of hydrogen-bond acceptors (Lipinski definition) is 4. The van der Waals surface area contributed by atoms with Crippen molar-refractivity contribution >= 4 is 29.1 Å². The van der Waals surface area contributed by atoms with Crippen LogP contribution in [0, 0.1) is 35.0 Å². The van der Waals surface area contributed by atoms with E-state index in [4.69, 9.17) is 0 Å². The minimum Gasteiger partial charge on any atom is -0.272 e. The maximum atomic E-state index is 13.0. The zero-order valence-electron chi connectivity index (χ0n) is 17.2. The number of imide groups is 1. The normalized spacial score (nSPS) is 33.1. The van der Waals surface area contributed by atoms with Crippen LogP contribution >= 0.6 is 11.3 Å². The van der Waals surface area contributed by atoms with Crippen LogP contribution in [0.2, 0.25) is 0 Å². The summed E-state index contributed by atoms with van der Waals surface area (Å²) in [6.07, 6.45) is 9.03. The van der Waals surface area contributed by atoms with E-state index in [1.54, 1.807) is 11.3 Å². The summed E-state index contributed by atoms with van der Waals surface area (Å²) in [6.45, 7) is 6.82. The highest BCUT2D eigenvalue weighted by Gasteiger charge is 2.57. The first kappa shape index (κ1) is 19.0. The van der Waals surface area contributed by atoms with Crippen molar-refractivity contribution in [2.24, 2.45) is 35.0 Å². The van der Waals surface area contributed by atoms with Crippen LogP contribution in [-0.4, -0.2) is 22.7 Å². The summed E-state index contributed by atoms with van der Waals surface area (Å²) in [5.74, 6) is -0.507. The van der Waals surface area contributed by atoms with Crippen LogP contribution in [0.4, 0.5) is 0 Å². The molecule has 1 saturated heterocycles. The van der Waals surface area contributed by atoms with E-state index in [-0.39, 0.29) is 46.8 Å². The summed E-state index contributed by atoms with van der Waals surface area (Å²) < 4.78 is 0. The average molecular weight is 413 g/mol. The van der Waals surface area contributed by atoms with Gasteiger partial charge in [0.1, 0.15) is 0 Å². The second-order valence-electron chi connectivity index (χ2n) is 10.2. The molecule has 154 valence electrons. The molecule has 1 aromatic heterocycles. The minimum atomic E-state index is -0.322. The van der Waals surface area contributed by atoms with Gasteiger partial charge in [0, 0.05) is 10.3 Å². The van der Waals surface area contributed by atoms with E-state index in [2.05, 4.69) is 38.3 Å². The first-order chi connectivity index (χ1) is 13.8. The molecule has 6 rings (SSSR count). The Morgan fingerprint density at radius 3 is 2.24 bits per heavy atom. The van der Waals surface area contributed by atoms with Gasteiger partial charge in [0.25, 0.3) is 17.7 Å². The van der Waals surface area contributed by atoms with Crippen LogP contribution in [0.3, 0.4) is 0 Å². The van der Waals surface area contributed by atoms with Gasteiger partial charge >= 0.3 is 0 Å². The average Bonchev–Trinajstić information content (AvgIpc) is 3.24. The molecule has 29 heavy (non-hydrogen) atoms. The summed E-state index contributed by atoms with van der Waals surface area (Å²) in [5, 5.41) is 2.93. The van der Waals surface area contributed by atoms with Gasteiger partial charge in [0.05, 0.1) is 17.4 Å². The topological polar surface area (TPSA) is 66.5 Å². The van der Waals surface area contributed by atoms with E-state index in [1.165, 1.54) is 4.88 Å². The van der Waals surface area contributed by atoms with Gasteiger partial charge in [-0.15, -0.1) is 11.3 Å². The minimum absolute atomic E-state index is 0.131. The molecule has 5 atom stereocenters. The predicted molar refractivity (Wildman–Crippen MR) is 111 cm³/mol. The molecule has 5 aliphatic rings. The second kappa shape index (κ2) is 6.53. The van der Waals surface area contributed by atoms with Crippen molar-refractivity contribution < 1.29 is 14.4 Å². The summed E-state index contributed by atoms with van der Waals surface area (Å²) in [5.41, 5.74) is 4.66. The number of amides is 3. The van der Waals surface area contributed by atoms with Gasteiger partial charge in [-0.1, -0.05) is 32.9 Å². The molecule has 1 saturated carbocycles. The maximum Gasteiger partial charge on any atom is 0.271 e. The van der Waals surface area contributed by atoms with Crippen LogP contribution in [0.5, 0.6) is 0 Å². The van der Waals surface area contributed by atoms with E-state index < -0.39 is 0 Å². The number of nitrogens with one attached hydrogen (secondary N) is 1. The highest BCUT2D eigenvalue weighted by Crippen LogP contribution is 2.49. The molecule has 2 fully saturated rings. The number of carbonyl (C=O) groups excluding carboxylic acids is 3. The lowest BCUT2D eigenvalue weighted by atomic mass is 9.63. The number of thiophene rings is 1. The number of rotatable bonds is 2.